The number of piperazine rings is 1. The van der Waals surface area contributed by atoms with E-state index in [1.807, 2.05) is 41.9 Å². The normalized spacial score (nSPS) is 13.9. The average molecular weight is 524 g/mol. The fourth-order valence-electron chi connectivity index (χ4n) is 4.42. The number of anilines is 2. The third kappa shape index (κ3) is 4.83. The number of aryl methyl sites for hydroxylation is 2. The minimum absolute atomic E-state index is 0.166. The van der Waals surface area contributed by atoms with Crippen molar-refractivity contribution in [2.75, 3.05) is 36.4 Å². The van der Waals surface area contributed by atoms with Gasteiger partial charge in [0.1, 0.15) is 11.6 Å². The molecule has 0 unspecified atom stereocenters. The smallest absolute Gasteiger partial charge is 0.321 e. The minimum atomic E-state index is -0.166. The molecule has 2 amide bonds. The van der Waals surface area contributed by atoms with Gasteiger partial charge in [-0.1, -0.05) is 48.3 Å². The number of nitrogens with zero attached hydrogens (tertiary/aromatic N) is 6. The molecule has 0 spiro atoms. The second-order valence-corrected chi connectivity index (χ2v) is 9.59. The number of nitrogens with one attached hydrogen (secondary N) is 1. The Bertz CT molecular complexity index is 1400. The van der Waals surface area contributed by atoms with Gasteiger partial charge in [0.15, 0.2) is 5.65 Å². The summed E-state index contributed by atoms with van der Waals surface area (Å²) in [6.07, 6.45) is 1.74. The van der Waals surface area contributed by atoms with E-state index in [2.05, 4.69) is 17.1 Å². The molecular formula is C26H27Cl2N7O. The number of urea groups is 1. The summed E-state index contributed by atoms with van der Waals surface area (Å²) in [5, 5.41) is 9.53. The van der Waals surface area contributed by atoms with E-state index in [0.717, 1.165) is 46.9 Å². The lowest BCUT2D eigenvalue weighted by Gasteiger charge is -2.35. The van der Waals surface area contributed by atoms with Crippen LogP contribution in [0.5, 0.6) is 0 Å². The number of amides is 2. The van der Waals surface area contributed by atoms with E-state index < -0.39 is 0 Å². The van der Waals surface area contributed by atoms with Crippen LogP contribution in [-0.4, -0.2) is 56.9 Å². The average Bonchev–Trinajstić information content (AvgIpc) is 3.23. The SMILES string of the molecule is CCCc1nc(N2CCN(C(=O)Nc3ccc(Cl)c(Cl)c3)CC2)c2c(C)nn(-c3ccccc3)c2n1. The van der Waals surface area contributed by atoms with Gasteiger partial charge < -0.3 is 15.1 Å². The maximum absolute atomic E-state index is 12.9. The largest absolute Gasteiger partial charge is 0.352 e. The molecule has 4 aromatic rings. The minimum Gasteiger partial charge on any atom is -0.352 e. The molecule has 0 saturated carbocycles. The molecule has 10 heteroatoms. The first kappa shape index (κ1) is 24.3. The first-order chi connectivity index (χ1) is 17.4. The summed E-state index contributed by atoms with van der Waals surface area (Å²) in [5.41, 5.74) is 3.27. The third-order valence-corrected chi connectivity index (χ3v) is 6.98. The summed E-state index contributed by atoms with van der Waals surface area (Å²) in [5.74, 6) is 1.68. The molecule has 0 aliphatic carbocycles. The van der Waals surface area contributed by atoms with Crippen LogP contribution in [-0.2, 0) is 6.42 Å². The van der Waals surface area contributed by atoms with Crippen LogP contribution in [0.1, 0.15) is 24.9 Å². The lowest BCUT2D eigenvalue weighted by molar-refractivity contribution is 0.208. The number of fused-ring (bicyclic) bond motifs is 1. The zero-order chi connectivity index (χ0) is 25.2. The maximum Gasteiger partial charge on any atom is 0.321 e. The Morgan fingerprint density at radius 3 is 2.44 bits per heavy atom. The Kier molecular flexibility index (Phi) is 6.98. The van der Waals surface area contributed by atoms with Crippen LogP contribution in [0.4, 0.5) is 16.3 Å². The lowest BCUT2D eigenvalue weighted by Crippen LogP contribution is -2.50. The van der Waals surface area contributed by atoms with Crippen LogP contribution >= 0.6 is 23.2 Å². The molecule has 1 aliphatic rings. The Hall–Kier alpha value is -3.36. The molecule has 3 heterocycles. The fraction of sp³-hybridized carbons (Fsp3) is 0.308. The quantitative estimate of drug-likeness (QED) is 0.360. The van der Waals surface area contributed by atoms with E-state index in [1.165, 1.54) is 0 Å². The number of halogens is 2. The van der Waals surface area contributed by atoms with Gasteiger partial charge in [0.05, 0.1) is 26.8 Å². The molecule has 5 rings (SSSR count). The number of para-hydroxylation sites is 1. The molecule has 0 atom stereocenters. The van der Waals surface area contributed by atoms with Gasteiger partial charge in [0.2, 0.25) is 0 Å². The summed E-state index contributed by atoms with van der Waals surface area (Å²) in [7, 11) is 0. The van der Waals surface area contributed by atoms with E-state index in [4.69, 9.17) is 38.3 Å². The van der Waals surface area contributed by atoms with E-state index in [1.54, 1.807) is 23.1 Å². The number of carbonyl (C=O) groups is 1. The number of aromatic nitrogens is 4. The molecule has 1 saturated heterocycles. The molecule has 0 radical (unpaired) electrons. The third-order valence-electron chi connectivity index (χ3n) is 6.24. The summed E-state index contributed by atoms with van der Waals surface area (Å²) in [4.78, 5) is 26.7. The van der Waals surface area contributed by atoms with Gasteiger partial charge in [0.25, 0.3) is 0 Å². The molecule has 36 heavy (non-hydrogen) atoms. The number of rotatable bonds is 5. The Labute approximate surface area is 219 Å². The van der Waals surface area contributed by atoms with Crippen molar-refractivity contribution in [2.45, 2.75) is 26.7 Å². The second kappa shape index (κ2) is 10.3. The second-order valence-electron chi connectivity index (χ2n) is 8.78. The van der Waals surface area contributed by atoms with Gasteiger partial charge in [-0.2, -0.15) is 5.10 Å². The van der Waals surface area contributed by atoms with Crippen molar-refractivity contribution < 1.29 is 4.79 Å². The highest BCUT2D eigenvalue weighted by molar-refractivity contribution is 6.42. The van der Waals surface area contributed by atoms with Gasteiger partial charge in [-0.3, -0.25) is 0 Å². The van der Waals surface area contributed by atoms with Crippen molar-refractivity contribution in [1.82, 2.24) is 24.6 Å². The van der Waals surface area contributed by atoms with Crippen molar-refractivity contribution in [3.05, 3.63) is 70.1 Å². The molecule has 1 aliphatic heterocycles. The molecular weight excluding hydrogens is 497 g/mol. The Morgan fingerprint density at radius 1 is 1.00 bits per heavy atom. The van der Waals surface area contributed by atoms with E-state index in [0.29, 0.717) is 41.9 Å². The van der Waals surface area contributed by atoms with Gasteiger partial charge in [-0.15, -0.1) is 0 Å². The summed E-state index contributed by atoms with van der Waals surface area (Å²) >= 11 is 12.1. The molecule has 8 nitrogen and oxygen atoms in total. The standard InChI is InChI=1S/C26H27Cl2N7O/c1-3-7-22-30-24(23-17(2)32-35(25(23)31-22)19-8-5-4-6-9-19)33-12-14-34(15-13-33)26(36)29-18-10-11-20(27)21(28)16-18/h4-6,8-11,16H,3,7,12-15H2,1-2H3,(H,29,36). The highest BCUT2D eigenvalue weighted by Gasteiger charge is 2.26. The predicted octanol–water partition coefficient (Wildman–Crippen LogP) is 5.74. The number of carbonyl (C=O) groups excluding carboxylic acids is 1. The highest BCUT2D eigenvalue weighted by atomic mass is 35.5. The Morgan fingerprint density at radius 2 is 1.75 bits per heavy atom. The summed E-state index contributed by atoms with van der Waals surface area (Å²) in [6.45, 7) is 6.55. The molecule has 0 bridgehead atoms. The van der Waals surface area contributed by atoms with Crippen LogP contribution in [0.3, 0.4) is 0 Å². The first-order valence-electron chi connectivity index (χ1n) is 12.0. The van der Waals surface area contributed by atoms with Gasteiger partial charge in [-0.05, 0) is 43.7 Å². The van der Waals surface area contributed by atoms with Crippen LogP contribution in [0.2, 0.25) is 10.0 Å². The van der Waals surface area contributed by atoms with E-state index in [9.17, 15) is 4.79 Å². The fourth-order valence-corrected chi connectivity index (χ4v) is 4.71. The van der Waals surface area contributed by atoms with Gasteiger partial charge in [-0.25, -0.2) is 19.4 Å². The van der Waals surface area contributed by atoms with Crippen molar-refractivity contribution in [3.63, 3.8) is 0 Å². The summed E-state index contributed by atoms with van der Waals surface area (Å²) < 4.78 is 1.90. The molecule has 2 aromatic heterocycles. The zero-order valence-corrected chi connectivity index (χ0v) is 21.7. The predicted molar refractivity (Wildman–Crippen MR) is 145 cm³/mol. The first-order valence-corrected chi connectivity index (χ1v) is 12.8. The number of benzene rings is 2. The van der Waals surface area contributed by atoms with Crippen LogP contribution < -0.4 is 10.2 Å². The van der Waals surface area contributed by atoms with Crippen molar-refractivity contribution in [2.24, 2.45) is 0 Å². The van der Waals surface area contributed by atoms with Gasteiger partial charge >= 0.3 is 6.03 Å². The highest BCUT2D eigenvalue weighted by Crippen LogP contribution is 2.30. The van der Waals surface area contributed by atoms with E-state index in [-0.39, 0.29) is 6.03 Å². The molecule has 186 valence electrons. The number of hydrogen-bond donors (Lipinski definition) is 1. The summed E-state index contributed by atoms with van der Waals surface area (Å²) in [6, 6.07) is 14.9. The van der Waals surface area contributed by atoms with Crippen LogP contribution in [0, 0.1) is 6.92 Å². The van der Waals surface area contributed by atoms with Crippen molar-refractivity contribution >= 4 is 51.8 Å². The van der Waals surface area contributed by atoms with Crippen LogP contribution in [0.25, 0.3) is 16.7 Å². The molecule has 2 aromatic carbocycles. The van der Waals surface area contributed by atoms with E-state index >= 15 is 0 Å². The van der Waals surface area contributed by atoms with Crippen molar-refractivity contribution in [1.29, 1.82) is 0 Å². The maximum atomic E-state index is 12.9. The lowest BCUT2D eigenvalue weighted by atomic mass is 10.2. The van der Waals surface area contributed by atoms with Crippen LogP contribution in [0.15, 0.2) is 48.5 Å². The topological polar surface area (TPSA) is 79.2 Å². The van der Waals surface area contributed by atoms with Gasteiger partial charge in [0, 0.05) is 38.3 Å². The monoisotopic (exact) mass is 523 g/mol. The number of hydrogen-bond acceptors (Lipinski definition) is 5. The Balaban J connectivity index is 1.39. The molecule has 1 fully saturated rings. The molecule has 1 N–H and O–H groups in total. The zero-order valence-electron chi connectivity index (χ0n) is 20.2. The van der Waals surface area contributed by atoms with Crippen molar-refractivity contribution in [3.8, 4) is 5.69 Å².